The van der Waals surface area contributed by atoms with Gasteiger partial charge in [0.05, 0.1) is 19.6 Å². The molecular weight excluding hydrogens is 418 g/mol. The van der Waals surface area contributed by atoms with Gasteiger partial charge in [0.1, 0.15) is 12.2 Å². The maximum absolute atomic E-state index is 14.5. The Bertz CT molecular complexity index is 978. The molecular formula is C16H21F4N5O5. The zero-order valence-corrected chi connectivity index (χ0v) is 16.0. The van der Waals surface area contributed by atoms with Crippen LogP contribution in [-0.2, 0) is 11.3 Å². The summed E-state index contributed by atoms with van der Waals surface area (Å²) < 4.78 is 64.7. The second-order valence-corrected chi connectivity index (χ2v) is 6.83. The molecule has 0 amide bonds. The van der Waals surface area contributed by atoms with E-state index in [9.17, 15) is 32.6 Å². The van der Waals surface area contributed by atoms with Gasteiger partial charge in [0.25, 0.3) is 0 Å². The van der Waals surface area contributed by atoms with Gasteiger partial charge in [-0.2, -0.15) is 23.1 Å². The molecule has 0 spiro atoms. The van der Waals surface area contributed by atoms with Gasteiger partial charge in [-0.05, 0) is 6.42 Å². The summed E-state index contributed by atoms with van der Waals surface area (Å²) in [6.07, 6.45) is -14.1. The van der Waals surface area contributed by atoms with E-state index in [2.05, 4.69) is 9.97 Å². The summed E-state index contributed by atoms with van der Waals surface area (Å²) in [6.45, 7) is 0.757. The molecule has 30 heavy (non-hydrogen) atoms. The van der Waals surface area contributed by atoms with Crippen LogP contribution in [0.5, 0.6) is 5.88 Å². The smallest absolute Gasteiger partial charge is 0.390 e. The lowest BCUT2D eigenvalue weighted by atomic mass is 10.1. The van der Waals surface area contributed by atoms with Crippen LogP contribution in [0, 0.1) is 0 Å². The predicted molar refractivity (Wildman–Crippen MR) is 94.5 cm³/mol. The molecule has 3 rings (SSSR count). The first-order chi connectivity index (χ1) is 14.0. The third kappa shape index (κ3) is 3.81. The van der Waals surface area contributed by atoms with Crippen LogP contribution < -0.4 is 16.2 Å². The highest BCUT2D eigenvalue weighted by Crippen LogP contribution is 2.36. The number of nitrogen functional groups attached to an aromatic ring is 1. The van der Waals surface area contributed by atoms with E-state index in [0.717, 1.165) is 0 Å². The zero-order chi connectivity index (χ0) is 22.4. The van der Waals surface area contributed by atoms with E-state index in [-0.39, 0.29) is 29.4 Å². The molecule has 1 unspecified atom stereocenters. The fraction of sp³-hybridized carbons (Fsp3) is 0.688. The number of aliphatic hydroxyl groups excluding tert-OH is 2. The van der Waals surface area contributed by atoms with Gasteiger partial charge in [-0.15, -0.1) is 0 Å². The Labute approximate surface area is 166 Å². The molecule has 1 aliphatic heterocycles. The molecule has 1 aliphatic rings. The summed E-state index contributed by atoms with van der Waals surface area (Å²) in [5.74, 6) is -0.638. The number of hydrogen-bond acceptors (Lipinski definition) is 8. The maximum atomic E-state index is 14.5. The number of nitrogens with two attached hydrogens (primary N) is 1. The van der Waals surface area contributed by atoms with Crippen LogP contribution in [0.1, 0.15) is 26.0 Å². The van der Waals surface area contributed by atoms with Gasteiger partial charge in [-0.1, -0.05) is 6.92 Å². The van der Waals surface area contributed by atoms with Gasteiger partial charge < -0.3 is 25.4 Å². The van der Waals surface area contributed by atoms with Crippen LogP contribution in [0.25, 0.3) is 11.2 Å². The van der Waals surface area contributed by atoms with E-state index in [1.54, 1.807) is 6.92 Å². The number of alkyl halides is 4. The zero-order valence-electron chi connectivity index (χ0n) is 16.0. The Morgan fingerprint density at radius 2 is 2.03 bits per heavy atom. The van der Waals surface area contributed by atoms with E-state index < -0.39 is 55.5 Å². The Hall–Kier alpha value is -2.45. The van der Waals surface area contributed by atoms with Crippen molar-refractivity contribution in [2.24, 2.45) is 0 Å². The van der Waals surface area contributed by atoms with Crippen molar-refractivity contribution in [1.82, 2.24) is 19.1 Å². The van der Waals surface area contributed by atoms with E-state index in [1.807, 2.05) is 0 Å². The number of aliphatic hydroxyl groups is 2. The molecule has 0 saturated carbocycles. The van der Waals surface area contributed by atoms with E-state index >= 15 is 0 Å². The molecule has 5 atom stereocenters. The molecule has 168 valence electrons. The molecule has 10 nitrogen and oxygen atoms in total. The van der Waals surface area contributed by atoms with Gasteiger partial charge in [0, 0.05) is 6.54 Å². The highest BCUT2D eigenvalue weighted by atomic mass is 19.4. The van der Waals surface area contributed by atoms with E-state index in [1.165, 1.54) is 7.11 Å². The highest BCUT2D eigenvalue weighted by Gasteiger charge is 2.49. The Morgan fingerprint density at radius 3 is 2.60 bits per heavy atom. The Morgan fingerprint density at radius 1 is 1.37 bits per heavy atom. The van der Waals surface area contributed by atoms with Crippen LogP contribution in [0.3, 0.4) is 0 Å². The predicted octanol–water partition coefficient (Wildman–Crippen LogP) is 0.503. The molecule has 3 heterocycles. The standard InChI is InChI=1S/C16H21F4N5O5/c1-3-6(26)10-7(17)9(27)13(30-10)25-11-8(12(29-2)23-14(21)22-11)24(15(25)28)5-4-16(18,19)20/h6-7,9-10,13,26-27H,3-5H2,1-2H3,(H2,21,22,23)/t6?,7-,9-,10-,13-/m1/s1. The fourth-order valence-corrected chi connectivity index (χ4v) is 3.39. The summed E-state index contributed by atoms with van der Waals surface area (Å²) in [4.78, 5) is 20.6. The number of aromatic nitrogens is 4. The minimum Gasteiger partial charge on any atom is -0.479 e. The van der Waals surface area contributed by atoms with Gasteiger partial charge in [-0.3, -0.25) is 4.57 Å². The average Bonchev–Trinajstić information content (AvgIpc) is 3.11. The second-order valence-electron chi connectivity index (χ2n) is 6.83. The van der Waals surface area contributed by atoms with Crippen molar-refractivity contribution in [1.29, 1.82) is 0 Å². The third-order valence-corrected chi connectivity index (χ3v) is 4.88. The first-order valence-corrected chi connectivity index (χ1v) is 9.04. The Kier molecular flexibility index (Phi) is 5.93. The first kappa shape index (κ1) is 22.2. The number of aryl methyl sites for hydroxylation is 1. The quantitative estimate of drug-likeness (QED) is 0.554. The average molecular weight is 439 g/mol. The maximum Gasteiger partial charge on any atom is 0.390 e. The number of methoxy groups -OCH3 is 1. The molecule has 0 aliphatic carbocycles. The van der Waals surface area contributed by atoms with Crippen molar-refractivity contribution in [2.45, 2.75) is 63.2 Å². The Balaban J connectivity index is 2.19. The van der Waals surface area contributed by atoms with Gasteiger partial charge in [-0.25, -0.2) is 13.8 Å². The van der Waals surface area contributed by atoms with Crippen LogP contribution >= 0.6 is 0 Å². The SMILES string of the molecule is CCC(O)[C@H]1O[C@@H](n2c(=O)n(CCC(F)(F)F)c3c(OC)nc(N)nc32)[C@H](O)[C@H]1F. The number of nitrogens with zero attached hydrogens (tertiary/aromatic N) is 4. The third-order valence-electron chi connectivity index (χ3n) is 4.88. The summed E-state index contributed by atoms with van der Waals surface area (Å²) in [5, 5.41) is 20.2. The van der Waals surface area contributed by atoms with Gasteiger partial charge in [0.15, 0.2) is 23.6 Å². The second kappa shape index (κ2) is 8.00. The number of imidazole rings is 1. The van der Waals surface area contributed by atoms with Crippen LogP contribution in [-0.4, -0.2) is 67.1 Å². The lowest BCUT2D eigenvalue weighted by Gasteiger charge is -2.18. The number of hydrogen-bond donors (Lipinski definition) is 3. The van der Waals surface area contributed by atoms with Crippen molar-refractivity contribution in [2.75, 3.05) is 12.8 Å². The molecule has 0 bridgehead atoms. The van der Waals surface area contributed by atoms with Crippen molar-refractivity contribution in [3.8, 4) is 5.88 Å². The number of halogens is 4. The van der Waals surface area contributed by atoms with Crippen molar-refractivity contribution in [3.05, 3.63) is 10.5 Å². The molecule has 14 heteroatoms. The van der Waals surface area contributed by atoms with Crippen LogP contribution in [0.4, 0.5) is 23.5 Å². The number of anilines is 1. The molecule has 1 saturated heterocycles. The summed E-state index contributed by atoms with van der Waals surface area (Å²) in [6, 6.07) is 0. The minimum absolute atomic E-state index is 0.107. The normalized spacial score (nSPS) is 25.7. The molecule has 1 fully saturated rings. The van der Waals surface area contributed by atoms with E-state index in [4.69, 9.17) is 15.2 Å². The summed E-state index contributed by atoms with van der Waals surface area (Å²) in [7, 11) is 1.17. The fourth-order valence-electron chi connectivity index (χ4n) is 3.39. The molecule has 4 N–H and O–H groups in total. The van der Waals surface area contributed by atoms with Crippen LogP contribution in [0.15, 0.2) is 4.79 Å². The topological polar surface area (TPSA) is 138 Å². The number of rotatable bonds is 6. The lowest BCUT2D eigenvalue weighted by Crippen LogP contribution is -2.36. The largest absolute Gasteiger partial charge is 0.479 e. The molecule has 2 aromatic rings. The van der Waals surface area contributed by atoms with Crippen LogP contribution in [0.2, 0.25) is 0 Å². The first-order valence-electron chi connectivity index (χ1n) is 9.04. The molecule has 0 radical (unpaired) electrons. The van der Waals surface area contributed by atoms with Gasteiger partial charge >= 0.3 is 11.9 Å². The summed E-state index contributed by atoms with van der Waals surface area (Å²) >= 11 is 0. The van der Waals surface area contributed by atoms with Gasteiger partial charge in [0.2, 0.25) is 11.8 Å². The monoisotopic (exact) mass is 439 g/mol. The van der Waals surface area contributed by atoms with Crippen molar-refractivity contribution in [3.63, 3.8) is 0 Å². The highest BCUT2D eigenvalue weighted by molar-refractivity contribution is 5.78. The van der Waals surface area contributed by atoms with Crippen molar-refractivity contribution >= 4 is 17.1 Å². The minimum atomic E-state index is -4.57. The lowest BCUT2D eigenvalue weighted by molar-refractivity contribution is -0.136. The number of ether oxygens (including phenoxy) is 2. The van der Waals surface area contributed by atoms with Crippen molar-refractivity contribution < 1.29 is 37.2 Å². The number of fused-ring (bicyclic) bond motifs is 1. The van der Waals surface area contributed by atoms with E-state index in [0.29, 0.717) is 9.13 Å². The molecule has 0 aromatic carbocycles. The molecule has 2 aromatic heterocycles. The summed E-state index contributed by atoms with van der Waals surface area (Å²) in [5.41, 5.74) is 4.03.